The number of benzene rings is 2. The van der Waals surface area contributed by atoms with Crippen LogP contribution in [0.1, 0.15) is 26.6 Å². The number of fused-ring (bicyclic) bond motifs is 3. The fourth-order valence-electron chi connectivity index (χ4n) is 4.31. The molecule has 4 aromatic rings. The number of nitrogens with one attached hydrogen (secondary N) is 5. The highest BCUT2D eigenvalue weighted by Crippen LogP contribution is 2.30. The number of aromatic amines is 1. The highest BCUT2D eigenvalue weighted by Gasteiger charge is 2.20. The predicted molar refractivity (Wildman–Crippen MR) is 148 cm³/mol. The van der Waals surface area contributed by atoms with Gasteiger partial charge in [-0.1, -0.05) is 18.7 Å². The van der Waals surface area contributed by atoms with Crippen molar-refractivity contribution in [1.82, 2.24) is 20.6 Å². The molecule has 0 bridgehead atoms. The van der Waals surface area contributed by atoms with Crippen LogP contribution in [-0.2, 0) is 22.7 Å². The first kappa shape index (κ1) is 25.1. The first-order valence-electron chi connectivity index (χ1n) is 12.2. The zero-order chi connectivity index (χ0) is 27.8. The summed E-state index contributed by atoms with van der Waals surface area (Å²) in [6.45, 7) is 4.48. The number of hydrogen-bond donors (Lipinski definition) is 5. The number of rotatable bonds is 7. The standard InChI is InChI=1S/C27H22N6O6S/c1-13(28-8-14-2-4-19-16(6-14)30-21(34)10-38-19)25-32-18-12-40-24(23(18)26(36)33-25)27(37)29-9-15-3-5-20-17(7-15)31-22(35)11-39-20/h2-7,12,28H,1,8-11H2,(H,29,37)(H,30,34)(H,31,35)(H,32,33,36). The molecule has 5 N–H and O–H groups in total. The second-order valence-corrected chi connectivity index (χ2v) is 9.97. The number of carbonyl (C=O) groups excluding carboxylic acids is 3. The van der Waals surface area contributed by atoms with Crippen LogP contribution in [0.25, 0.3) is 16.6 Å². The maximum atomic E-state index is 13.0. The highest BCUT2D eigenvalue weighted by molar-refractivity contribution is 7.13. The lowest BCUT2D eigenvalue weighted by atomic mass is 10.1. The van der Waals surface area contributed by atoms with E-state index in [2.05, 4.69) is 37.8 Å². The Morgan fingerprint density at radius 3 is 2.15 bits per heavy atom. The van der Waals surface area contributed by atoms with Crippen molar-refractivity contribution in [3.05, 3.63) is 80.5 Å². The van der Waals surface area contributed by atoms with Crippen molar-refractivity contribution in [3.63, 3.8) is 0 Å². The quantitative estimate of drug-likeness (QED) is 0.231. The van der Waals surface area contributed by atoms with E-state index in [4.69, 9.17) is 9.47 Å². The van der Waals surface area contributed by atoms with Crippen LogP contribution in [-0.4, -0.2) is 40.9 Å². The van der Waals surface area contributed by atoms with Gasteiger partial charge in [-0.2, -0.15) is 0 Å². The third kappa shape index (κ3) is 4.97. The molecule has 0 saturated carbocycles. The van der Waals surface area contributed by atoms with Gasteiger partial charge in [0.1, 0.15) is 16.4 Å². The molecule has 0 spiro atoms. The predicted octanol–water partition coefficient (Wildman–Crippen LogP) is 2.34. The van der Waals surface area contributed by atoms with Gasteiger partial charge in [0, 0.05) is 18.5 Å². The molecule has 0 aliphatic carbocycles. The van der Waals surface area contributed by atoms with Gasteiger partial charge in [-0.05, 0) is 35.4 Å². The second-order valence-electron chi connectivity index (χ2n) is 9.09. The molecule has 0 atom stereocenters. The Balaban J connectivity index is 1.13. The van der Waals surface area contributed by atoms with E-state index in [0.717, 1.165) is 22.5 Å². The third-order valence-electron chi connectivity index (χ3n) is 6.27. The minimum Gasteiger partial charge on any atom is -0.482 e. The van der Waals surface area contributed by atoms with Crippen molar-refractivity contribution < 1.29 is 23.9 Å². The van der Waals surface area contributed by atoms with Gasteiger partial charge in [0.2, 0.25) is 0 Å². The zero-order valence-electron chi connectivity index (χ0n) is 20.9. The maximum Gasteiger partial charge on any atom is 0.262 e. The minimum absolute atomic E-state index is 0.0137. The molecule has 40 heavy (non-hydrogen) atoms. The molecule has 2 aliphatic heterocycles. The number of aromatic nitrogens is 2. The molecule has 2 aromatic heterocycles. The molecule has 2 aromatic carbocycles. The summed E-state index contributed by atoms with van der Waals surface area (Å²) < 4.78 is 10.7. The van der Waals surface area contributed by atoms with Crippen molar-refractivity contribution in [2.24, 2.45) is 0 Å². The van der Waals surface area contributed by atoms with E-state index in [9.17, 15) is 19.2 Å². The van der Waals surface area contributed by atoms with E-state index in [1.165, 1.54) is 0 Å². The molecule has 6 rings (SSSR count). The van der Waals surface area contributed by atoms with Crippen molar-refractivity contribution in [2.75, 3.05) is 23.8 Å². The molecule has 0 saturated heterocycles. The summed E-state index contributed by atoms with van der Waals surface area (Å²) in [6, 6.07) is 10.7. The lowest BCUT2D eigenvalue weighted by Gasteiger charge is -2.19. The van der Waals surface area contributed by atoms with Crippen LogP contribution in [0.2, 0.25) is 0 Å². The van der Waals surface area contributed by atoms with Gasteiger partial charge in [-0.25, -0.2) is 4.98 Å². The Morgan fingerprint density at radius 2 is 1.52 bits per heavy atom. The lowest BCUT2D eigenvalue weighted by molar-refractivity contribution is -0.119. The molecule has 0 fully saturated rings. The fourth-order valence-corrected chi connectivity index (χ4v) is 5.21. The van der Waals surface area contributed by atoms with E-state index in [-0.39, 0.29) is 47.7 Å². The summed E-state index contributed by atoms with van der Waals surface area (Å²) in [5.74, 6) is 0.528. The summed E-state index contributed by atoms with van der Waals surface area (Å²) in [6.07, 6.45) is 0. The SMILES string of the molecule is C=C(NCc1ccc2c(c1)NC(=O)CO2)c1nc2csc(C(=O)NCc3ccc4c(c3)NC(=O)CO4)c2c(=O)[nH]1. The van der Waals surface area contributed by atoms with Gasteiger partial charge in [-0.15, -0.1) is 11.3 Å². The molecular formula is C27H22N6O6S. The summed E-state index contributed by atoms with van der Waals surface area (Å²) >= 11 is 1.12. The average Bonchev–Trinajstić information content (AvgIpc) is 3.39. The van der Waals surface area contributed by atoms with Crippen LogP contribution in [0.15, 0.2) is 53.2 Å². The van der Waals surface area contributed by atoms with Gasteiger partial charge >= 0.3 is 0 Å². The minimum atomic E-state index is -0.461. The van der Waals surface area contributed by atoms with Gasteiger partial charge < -0.3 is 35.7 Å². The molecule has 3 amide bonds. The van der Waals surface area contributed by atoms with E-state index in [1.54, 1.807) is 35.7 Å². The third-order valence-corrected chi connectivity index (χ3v) is 7.23. The van der Waals surface area contributed by atoms with Crippen LogP contribution in [0.3, 0.4) is 0 Å². The van der Waals surface area contributed by atoms with Gasteiger partial charge in [0.15, 0.2) is 19.0 Å². The summed E-state index contributed by atoms with van der Waals surface area (Å²) in [5.41, 5.74) is 3.04. The second kappa shape index (κ2) is 10.2. The van der Waals surface area contributed by atoms with Crippen LogP contribution in [0.5, 0.6) is 11.5 Å². The molecule has 2 aliphatic rings. The lowest BCUT2D eigenvalue weighted by Crippen LogP contribution is -2.26. The average molecular weight is 559 g/mol. The molecule has 0 unspecified atom stereocenters. The molecule has 0 radical (unpaired) electrons. The van der Waals surface area contributed by atoms with Crippen molar-refractivity contribution >= 4 is 57.0 Å². The van der Waals surface area contributed by atoms with Crippen molar-refractivity contribution in [2.45, 2.75) is 13.1 Å². The number of anilines is 2. The molecule has 202 valence electrons. The first-order valence-corrected chi connectivity index (χ1v) is 13.1. The number of ether oxygens (including phenoxy) is 2. The Kier molecular flexibility index (Phi) is 6.40. The molecule has 13 heteroatoms. The number of thiophene rings is 1. The summed E-state index contributed by atoms with van der Waals surface area (Å²) in [5, 5.41) is 13.3. The van der Waals surface area contributed by atoms with E-state index < -0.39 is 11.5 Å². The Labute approximate surface area is 230 Å². The highest BCUT2D eigenvalue weighted by atomic mass is 32.1. The van der Waals surface area contributed by atoms with Crippen molar-refractivity contribution in [1.29, 1.82) is 0 Å². The first-order chi connectivity index (χ1) is 19.3. The summed E-state index contributed by atoms with van der Waals surface area (Å²) in [7, 11) is 0. The van der Waals surface area contributed by atoms with Crippen LogP contribution >= 0.6 is 11.3 Å². The topological polar surface area (TPSA) is 164 Å². The number of H-pyrrole nitrogens is 1. The molecule has 4 heterocycles. The summed E-state index contributed by atoms with van der Waals surface area (Å²) in [4.78, 5) is 56.5. The van der Waals surface area contributed by atoms with E-state index in [0.29, 0.717) is 40.6 Å². The molecule has 12 nitrogen and oxygen atoms in total. The molecular weight excluding hydrogens is 536 g/mol. The number of carbonyl (C=O) groups is 3. The smallest absolute Gasteiger partial charge is 0.262 e. The fraction of sp³-hybridized carbons (Fsp3) is 0.148. The van der Waals surface area contributed by atoms with Crippen LogP contribution in [0.4, 0.5) is 11.4 Å². The van der Waals surface area contributed by atoms with E-state index in [1.807, 2.05) is 6.07 Å². The largest absolute Gasteiger partial charge is 0.482 e. The van der Waals surface area contributed by atoms with Gasteiger partial charge in [0.05, 0.1) is 28.0 Å². The van der Waals surface area contributed by atoms with Gasteiger partial charge in [0.25, 0.3) is 23.3 Å². The van der Waals surface area contributed by atoms with E-state index >= 15 is 0 Å². The van der Waals surface area contributed by atoms with Crippen molar-refractivity contribution in [3.8, 4) is 11.5 Å². The number of nitrogens with zero attached hydrogens (tertiary/aromatic N) is 1. The van der Waals surface area contributed by atoms with Crippen LogP contribution < -0.4 is 36.3 Å². The van der Waals surface area contributed by atoms with Crippen LogP contribution in [0, 0.1) is 0 Å². The zero-order valence-corrected chi connectivity index (χ0v) is 21.7. The van der Waals surface area contributed by atoms with Gasteiger partial charge in [-0.3, -0.25) is 19.2 Å². The Bertz CT molecular complexity index is 1780. The monoisotopic (exact) mass is 558 g/mol. The Hall–Kier alpha value is -5.17. The maximum absolute atomic E-state index is 13.0. The normalized spacial score (nSPS) is 13.7. The Morgan fingerprint density at radius 1 is 0.925 bits per heavy atom. The number of amides is 3. The number of hydrogen-bond acceptors (Lipinski definition) is 9.